The molecule has 8 heteroatoms. The molecule has 0 aromatic carbocycles. The molecule has 0 spiro atoms. The van der Waals surface area contributed by atoms with E-state index in [-0.39, 0.29) is 11.6 Å². The quantitative estimate of drug-likeness (QED) is 0.830. The summed E-state index contributed by atoms with van der Waals surface area (Å²) in [7, 11) is -3.62. The number of nitrogens with two attached hydrogens (primary N) is 1. The molecule has 2 heterocycles. The minimum atomic E-state index is -3.62. The smallest absolute Gasteiger partial charge is 0.258 e. The predicted molar refractivity (Wildman–Crippen MR) is 77.6 cm³/mol. The molecule has 108 valence electrons. The Morgan fingerprint density at radius 1 is 1.30 bits per heavy atom. The Labute approximate surface area is 122 Å². The normalized spacial score (nSPS) is 11.7. The molecule has 0 atom stereocenters. The number of pyridine rings is 1. The number of hydrogen-bond acceptors (Lipinski definition) is 6. The molecule has 0 unspecified atom stereocenters. The first-order valence-corrected chi connectivity index (χ1v) is 8.43. The standard InChI is InChI=1S/C12H16N4O2S2/c1-2-10-7-14-11(19-10)8-16-20(17,18)12-4-3-9(5-13)6-15-12/h3-4,6-7,16H,2,5,8,13H2,1H3. The van der Waals surface area contributed by atoms with Crippen LogP contribution in [0.25, 0.3) is 0 Å². The van der Waals surface area contributed by atoms with Crippen LogP contribution in [0.3, 0.4) is 0 Å². The molecule has 0 aliphatic rings. The zero-order valence-electron chi connectivity index (χ0n) is 11.0. The van der Waals surface area contributed by atoms with Gasteiger partial charge in [0.2, 0.25) is 0 Å². The summed E-state index contributed by atoms with van der Waals surface area (Å²) in [4.78, 5) is 9.20. The minimum absolute atomic E-state index is 0.0121. The molecule has 0 amide bonds. The van der Waals surface area contributed by atoms with Crippen molar-refractivity contribution >= 4 is 21.4 Å². The molecule has 0 fully saturated rings. The highest BCUT2D eigenvalue weighted by Gasteiger charge is 2.16. The van der Waals surface area contributed by atoms with Gasteiger partial charge in [-0.15, -0.1) is 11.3 Å². The average molecular weight is 312 g/mol. The van der Waals surface area contributed by atoms with Crippen molar-refractivity contribution in [2.24, 2.45) is 5.73 Å². The molecule has 0 aliphatic carbocycles. The summed E-state index contributed by atoms with van der Waals surface area (Å²) in [6, 6.07) is 3.10. The van der Waals surface area contributed by atoms with Gasteiger partial charge in [-0.2, -0.15) is 0 Å². The van der Waals surface area contributed by atoms with Gasteiger partial charge < -0.3 is 5.73 Å². The zero-order valence-corrected chi connectivity index (χ0v) is 12.7. The summed E-state index contributed by atoms with van der Waals surface area (Å²) in [6.45, 7) is 2.54. The highest BCUT2D eigenvalue weighted by Crippen LogP contribution is 2.14. The SMILES string of the molecule is CCc1cnc(CNS(=O)(=O)c2ccc(CN)cn2)s1. The fourth-order valence-electron chi connectivity index (χ4n) is 1.51. The summed E-state index contributed by atoms with van der Waals surface area (Å²) < 4.78 is 26.6. The first-order chi connectivity index (χ1) is 9.55. The second kappa shape index (κ2) is 6.40. The molecule has 0 saturated heterocycles. The third-order valence-electron chi connectivity index (χ3n) is 2.67. The van der Waals surface area contributed by atoms with Crippen molar-refractivity contribution in [3.8, 4) is 0 Å². The summed E-state index contributed by atoms with van der Waals surface area (Å²) in [6.07, 6.45) is 4.13. The monoisotopic (exact) mass is 312 g/mol. The first-order valence-electron chi connectivity index (χ1n) is 6.13. The van der Waals surface area contributed by atoms with E-state index in [4.69, 9.17) is 5.73 Å². The molecule has 2 rings (SSSR count). The van der Waals surface area contributed by atoms with E-state index in [2.05, 4.69) is 14.7 Å². The fraction of sp³-hybridized carbons (Fsp3) is 0.333. The van der Waals surface area contributed by atoms with E-state index < -0.39 is 10.0 Å². The Balaban J connectivity index is 2.06. The Morgan fingerprint density at radius 3 is 2.65 bits per heavy atom. The van der Waals surface area contributed by atoms with Crippen LogP contribution in [-0.4, -0.2) is 18.4 Å². The first kappa shape index (κ1) is 15.0. The van der Waals surface area contributed by atoms with E-state index in [9.17, 15) is 8.42 Å². The van der Waals surface area contributed by atoms with Crippen LogP contribution < -0.4 is 10.5 Å². The van der Waals surface area contributed by atoms with E-state index in [1.165, 1.54) is 23.6 Å². The van der Waals surface area contributed by atoms with E-state index in [0.717, 1.165) is 21.9 Å². The number of nitrogens with zero attached hydrogens (tertiary/aromatic N) is 2. The molecule has 0 aliphatic heterocycles. The molecule has 0 saturated carbocycles. The maximum Gasteiger partial charge on any atom is 0.258 e. The maximum absolute atomic E-state index is 12.1. The third kappa shape index (κ3) is 3.60. The van der Waals surface area contributed by atoms with Gasteiger partial charge in [-0.3, -0.25) is 0 Å². The fourth-order valence-corrected chi connectivity index (χ4v) is 3.32. The number of nitrogens with one attached hydrogen (secondary N) is 1. The van der Waals surface area contributed by atoms with Gasteiger partial charge in [0.15, 0.2) is 5.03 Å². The van der Waals surface area contributed by atoms with Gasteiger partial charge in [0, 0.05) is 23.8 Å². The van der Waals surface area contributed by atoms with Gasteiger partial charge in [0.25, 0.3) is 10.0 Å². The topological polar surface area (TPSA) is 98.0 Å². The lowest BCUT2D eigenvalue weighted by Gasteiger charge is -2.05. The molecule has 2 aromatic rings. The molecule has 2 aromatic heterocycles. The van der Waals surface area contributed by atoms with Crippen LogP contribution in [0, 0.1) is 0 Å². The van der Waals surface area contributed by atoms with E-state index in [1.54, 1.807) is 12.3 Å². The van der Waals surface area contributed by atoms with Crippen LogP contribution in [0.15, 0.2) is 29.6 Å². The Hall–Kier alpha value is -1.35. The van der Waals surface area contributed by atoms with Crippen LogP contribution in [0.4, 0.5) is 0 Å². The average Bonchev–Trinajstić information content (AvgIpc) is 2.93. The summed E-state index contributed by atoms with van der Waals surface area (Å²) in [5.74, 6) is 0. The van der Waals surface area contributed by atoms with Crippen molar-refractivity contribution in [2.45, 2.75) is 31.5 Å². The lowest BCUT2D eigenvalue weighted by molar-refractivity contribution is 0.577. The minimum Gasteiger partial charge on any atom is -0.326 e. The molecule has 6 nitrogen and oxygen atoms in total. The number of hydrogen-bond donors (Lipinski definition) is 2. The number of sulfonamides is 1. The van der Waals surface area contributed by atoms with E-state index in [0.29, 0.717) is 6.54 Å². The number of thiazole rings is 1. The number of aromatic nitrogens is 2. The van der Waals surface area contributed by atoms with Crippen LogP contribution in [0.2, 0.25) is 0 Å². The van der Waals surface area contributed by atoms with Crippen LogP contribution in [-0.2, 0) is 29.5 Å². The van der Waals surface area contributed by atoms with Crippen LogP contribution in [0.5, 0.6) is 0 Å². The van der Waals surface area contributed by atoms with Crippen molar-refractivity contribution < 1.29 is 8.42 Å². The lowest BCUT2D eigenvalue weighted by Crippen LogP contribution is -2.24. The summed E-state index contributed by atoms with van der Waals surface area (Å²) in [5.41, 5.74) is 6.24. The molecule has 20 heavy (non-hydrogen) atoms. The van der Waals surface area contributed by atoms with Crippen molar-refractivity contribution in [3.63, 3.8) is 0 Å². The molecular formula is C12H16N4O2S2. The zero-order chi connectivity index (χ0) is 14.6. The van der Waals surface area contributed by atoms with Crippen LogP contribution in [0.1, 0.15) is 22.4 Å². The largest absolute Gasteiger partial charge is 0.326 e. The maximum atomic E-state index is 12.1. The van der Waals surface area contributed by atoms with E-state index >= 15 is 0 Å². The van der Waals surface area contributed by atoms with E-state index in [1.807, 2.05) is 6.92 Å². The van der Waals surface area contributed by atoms with Crippen molar-refractivity contribution in [3.05, 3.63) is 40.0 Å². The lowest BCUT2D eigenvalue weighted by atomic mass is 10.3. The Bertz CT molecular complexity index is 665. The summed E-state index contributed by atoms with van der Waals surface area (Å²) >= 11 is 1.50. The van der Waals surface area contributed by atoms with Gasteiger partial charge in [-0.25, -0.2) is 23.1 Å². The molecule has 3 N–H and O–H groups in total. The highest BCUT2D eigenvalue weighted by atomic mass is 32.2. The highest BCUT2D eigenvalue weighted by molar-refractivity contribution is 7.89. The van der Waals surface area contributed by atoms with Crippen LogP contribution >= 0.6 is 11.3 Å². The van der Waals surface area contributed by atoms with Crippen molar-refractivity contribution in [1.29, 1.82) is 0 Å². The molecular weight excluding hydrogens is 296 g/mol. The van der Waals surface area contributed by atoms with Crippen molar-refractivity contribution in [2.75, 3.05) is 0 Å². The van der Waals surface area contributed by atoms with Gasteiger partial charge in [0.05, 0.1) is 6.54 Å². The molecule has 0 radical (unpaired) electrons. The molecule has 0 bridgehead atoms. The number of aryl methyl sites for hydroxylation is 1. The Kier molecular flexibility index (Phi) is 4.81. The van der Waals surface area contributed by atoms with Gasteiger partial charge in [-0.1, -0.05) is 13.0 Å². The third-order valence-corrected chi connectivity index (χ3v) is 5.13. The second-order valence-corrected chi connectivity index (χ2v) is 7.02. The summed E-state index contributed by atoms with van der Waals surface area (Å²) in [5, 5.41) is 0.728. The van der Waals surface area contributed by atoms with Gasteiger partial charge in [-0.05, 0) is 18.1 Å². The second-order valence-electron chi connectivity index (χ2n) is 4.11. The van der Waals surface area contributed by atoms with Crippen molar-refractivity contribution in [1.82, 2.24) is 14.7 Å². The number of rotatable bonds is 6. The van der Waals surface area contributed by atoms with Gasteiger partial charge in [0.1, 0.15) is 5.01 Å². The van der Waals surface area contributed by atoms with Gasteiger partial charge >= 0.3 is 0 Å². The predicted octanol–water partition coefficient (Wildman–Crippen LogP) is 1.04. The Morgan fingerprint density at radius 2 is 2.10 bits per heavy atom.